The van der Waals surface area contributed by atoms with Crippen molar-refractivity contribution in [1.29, 1.82) is 0 Å². The number of halogens is 2. The number of rotatable bonds is 1. The van der Waals surface area contributed by atoms with Crippen molar-refractivity contribution >= 4 is 5.97 Å². The van der Waals surface area contributed by atoms with Crippen LogP contribution in [0.15, 0.2) is 0 Å². The number of methoxy groups -OCH3 is 1. The van der Waals surface area contributed by atoms with Crippen molar-refractivity contribution in [2.45, 2.75) is 31.2 Å². The molecule has 0 aliphatic heterocycles. The number of esters is 1. The molecular formula is C8H13F2NO2. The lowest BCUT2D eigenvalue weighted by Gasteiger charge is -2.32. The molecule has 1 aliphatic carbocycles. The summed E-state index contributed by atoms with van der Waals surface area (Å²) in [4.78, 5) is 11.0. The Bertz CT molecular complexity index is 208. The van der Waals surface area contributed by atoms with Crippen molar-refractivity contribution in [2.75, 3.05) is 7.11 Å². The first-order valence-electron chi connectivity index (χ1n) is 4.18. The standard InChI is InChI=1S/C8H13F2NO2/c1-13-7(12)5-2-3-8(9,10)6(11)4-5/h5-6H,2-4,11H2,1H3/t5-,6+/m0/s1. The van der Waals surface area contributed by atoms with Crippen molar-refractivity contribution in [3.8, 4) is 0 Å². The minimum atomic E-state index is -2.83. The molecule has 0 saturated heterocycles. The quantitative estimate of drug-likeness (QED) is 0.630. The summed E-state index contributed by atoms with van der Waals surface area (Å²) in [6, 6.07) is -1.22. The summed E-state index contributed by atoms with van der Waals surface area (Å²) in [5.41, 5.74) is 5.24. The van der Waals surface area contributed by atoms with Crippen LogP contribution in [0.3, 0.4) is 0 Å². The highest BCUT2D eigenvalue weighted by molar-refractivity contribution is 5.72. The van der Waals surface area contributed by atoms with E-state index < -0.39 is 23.9 Å². The first kappa shape index (κ1) is 10.4. The molecule has 3 nitrogen and oxygen atoms in total. The summed E-state index contributed by atoms with van der Waals surface area (Å²) in [5.74, 6) is -3.73. The number of nitrogens with two attached hydrogens (primary N) is 1. The number of hydrogen-bond acceptors (Lipinski definition) is 3. The number of ether oxygens (including phenoxy) is 1. The fraction of sp³-hybridized carbons (Fsp3) is 0.875. The van der Waals surface area contributed by atoms with E-state index in [1.165, 1.54) is 7.11 Å². The van der Waals surface area contributed by atoms with Gasteiger partial charge in [0.2, 0.25) is 0 Å². The molecule has 0 heterocycles. The van der Waals surface area contributed by atoms with Gasteiger partial charge in [0.15, 0.2) is 0 Å². The van der Waals surface area contributed by atoms with Crippen LogP contribution in [0.25, 0.3) is 0 Å². The molecule has 1 aliphatic rings. The molecule has 2 N–H and O–H groups in total. The predicted octanol–water partition coefficient (Wildman–Crippen LogP) is 0.922. The molecule has 1 saturated carbocycles. The van der Waals surface area contributed by atoms with E-state index in [1.807, 2.05) is 0 Å². The van der Waals surface area contributed by atoms with Crippen LogP contribution in [0.4, 0.5) is 8.78 Å². The molecule has 0 bridgehead atoms. The summed E-state index contributed by atoms with van der Waals surface area (Å²) < 4.78 is 30.2. The Labute approximate surface area is 75.2 Å². The van der Waals surface area contributed by atoms with Gasteiger partial charge >= 0.3 is 5.97 Å². The van der Waals surface area contributed by atoms with Crippen LogP contribution in [0.1, 0.15) is 19.3 Å². The average Bonchev–Trinajstić information content (AvgIpc) is 2.08. The van der Waals surface area contributed by atoms with Crippen molar-refractivity contribution in [2.24, 2.45) is 11.7 Å². The SMILES string of the molecule is COC(=O)[C@H]1CCC(F)(F)[C@H](N)C1. The Balaban J connectivity index is 2.56. The molecule has 1 rings (SSSR count). The van der Waals surface area contributed by atoms with Gasteiger partial charge in [0, 0.05) is 6.42 Å². The van der Waals surface area contributed by atoms with E-state index >= 15 is 0 Å². The lowest BCUT2D eigenvalue weighted by Crippen LogP contribution is -2.47. The van der Waals surface area contributed by atoms with Gasteiger partial charge in [-0.25, -0.2) is 8.78 Å². The summed E-state index contributed by atoms with van der Waals surface area (Å²) in [7, 11) is 1.25. The lowest BCUT2D eigenvalue weighted by atomic mass is 9.83. The fourth-order valence-corrected chi connectivity index (χ4v) is 1.53. The van der Waals surface area contributed by atoms with Crippen LogP contribution in [-0.4, -0.2) is 25.0 Å². The van der Waals surface area contributed by atoms with Gasteiger partial charge in [0.1, 0.15) is 0 Å². The average molecular weight is 193 g/mol. The summed E-state index contributed by atoms with van der Waals surface area (Å²) >= 11 is 0. The Morgan fingerprint density at radius 3 is 2.69 bits per heavy atom. The second-order valence-corrected chi connectivity index (χ2v) is 3.36. The molecule has 0 aromatic rings. The topological polar surface area (TPSA) is 52.3 Å². The molecule has 0 aromatic heterocycles. The van der Waals surface area contributed by atoms with E-state index in [4.69, 9.17) is 5.73 Å². The normalized spacial score (nSPS) is 32.6. The van der Waals surface area contributed by atoms with Gasteiger partial charge in [-0.2, -0.15) is 0 Å². The van der Waals surface area contributed by atoms with Gasteiger partial charge in [0.25, 0.3) is 5.92 Å². The maximum Gasteiger partial charge on any atom is 0.308 e. The number of carbonyl (C=O) groups is 1. The Morgan fingerprint density at radius 2 is 2.23 bits per heavy atom. The molecular weight excluding hydrogens is 180 g/mol. The highest BCUT2D eigenvalue weighted by atomic mass is 19.3. The van der Waals surface area contributed by atoms with E-state index in [0.717, 1.165) is 0 Å². The van der Waals surface area contributed by atoms with Gasteiger partial charge < -0.3 is 10.5 Å². The summed E-state index contributed by atoms with van der Waals surface area (Å²) in [6.45, 7) is 0. The van der Waals surface area contributed by atoms with E-state index in [9.17, 15) is 13.6 Å². The molecule has 0 aromatic carbocycles. The molecule has 76 valence electrons. The van der Waals surface area contributed by atoms with Gasteiger partial charge in [-0.3, -0.25) is 4.79 Å². The zero-order valence-electron chi connectivity index (χ0n) is 7.43. The van der Waals surface area contributed by atoms with Crippen LogP contribution in [0.2, 0.25) is 0 Å². The van der Waals surface area contributed by atoms with Crippen LogP contribution >= 0.6 is 0 Å². The zero-order valence-corrected chi connectivity index (χ0v) is 7.43. The second-order valence-electron chi connectivity index (χ2n) is 3.36. The van der Waals surface area contributed by atoms with Crippen LogP contribution in [0.5, 0.6) is 0 Å². The van der Waals surface area contributed by atoms with Crippen molar-refractivity contribution in [3.63, 3.8) is 0 Å². The summed E-state index contributed by atoms with van der Waals surface area (Å²) in [6.07, 6.45) is -0.152. The summed E-state index contributed by atoms with van der Waals surface area (Å²) in [5, 5.41) is 0. The van der Waals surface area contributed by atoms with Crippen molar-refractivity contribution in [1.82, 2.24) is 0 Å². The van der Waals surface area contributed by atoms with Crippen LogP contribution in [0, 0.1) is 5.92 Å². The minimum Gasteiger partial charge on any atom is -0.469 e. The molecule has 13 heavy (non-hydrogen) atoms. The predicted molar refractivity (Wildman–Crippen MR) is 42.3 cm³/mol. The third-order valence-corrected chi connectivity index (χ3v) is 2.44. The second kappa shape index (κ2) is 3.57. The van der Waals surface area contributed by atoms with Gasteiger partial charge in [-0.05, 0) is 12.8 Å². The first-order valence-corrected chi connectivity index (χ1v) is 4.18. The van der Waals surface area contributed by atoms with E-state index in [2.05, 4.69) is 4.74 Å². The third kappa shape index (κ3) is 2.15. The van der Waals surface area contributed by atoms with Crippen molar-refractivity contribution < 1.29 is 18.3 Å². The highest BCUT2D eigenvalue weighted by Crippen LogP contribution is 2.35. The molecule has 1 fully saturated rings. The van der Waals surface area contributed by atoms with Gasteiger partial charge in [0.05, 0.1) is 19.1 Å². The molecule has 0 unspecified atom stereocenters. The molecule has 0 radical (unpaired) electrons. The minimum absolute atomic E-state index is 0.0136. The van der Waals surface area contributed by atoms with Gasteiger partial charge in [-0.1, -0.05) is 0 Å². The maximum absolute atomic E-state index is 12.9. The van der Waals surface area contributed by atoms with Crippen LogP contribution < -0.4 is 5.73 Å². The van der Waals surface area contributed by atoms with Crippen LogP contribution in [-0.2, 0) is 9.53 Å². The Morgan fingerprint density at radius 1 is 1.62 bits per heavy atom. The van der Waals surface area contributed by atoms with Crippen molar-refractivity contribution in [3.05, 3.63) is 0 Å². The monoisotopic (exact) mass is 193 g/mol. The van der Waals surface area contributed by atoms with E-state index in [0.29, 0.717) is 0 Å². The van der Waals surface area contributed by atoms with E-state index in [1.54, 1.807) is 0 Å². The maximum atomic E-state index is 12.9. The molecule has 0 amide bonds. The Kier molecular flexibility index (Phi) is 2.85. The lowest BCUT2D eigenvalue weighted by molar-refractivity contribution is -0.150. The fourth-order valence-electron chi connectivity index (χ4n) is 1.53. The largest absolute Gasteiger partial charge is 0.469 e. The smallest absolute Gasteiger partial charge is 0.308 e. The third-order valence-electron chi connectivity index (χ3n) is 2.44. The van der Waals surface area contributed by atoms with E-state index in [-0.39, 0.29) is 19.3 Å². The number of alkyl halides is 2. The number of hydrogen-bond donors (Lipinski definition) is 1. The highest BCUT2D eigenvalue weighted by Gasteiger charge is 2.44. The van der Waals surface area contributed by atoms with Gasteiger partial charge in [-0.15, -0.1) is 0 Å². The molecule has 5 heteroatoms. The first-order chi connectivity index (χ1) is 5.97. The zero-order chi connectivity index (χ0) is 10.1. The number of carbonyl (C=O) groups excluding carboxylic acids is 1. The Hall–Kier alpha value is -0.710. The molecule has 2 atom stereocenters. The molecule has 0 spiro atoms.